The Morgan fingerprint density at radius 2 is 2.40 bits per heavy atom. The second-order valence-electron chi connectivity index (χ2n) is 3.65. The summed E-state index contributed by atoms with van der Waals surface area (Å²) in [5.74, 6) is 5.99. The number of hydrogen-bond acceptors (Lipinski definition) is 4. The molecule has 1 aromatic rings. The lowest BCUT2D eigenvalue weighted by Gasteiger charge is -2.19. The van der Waals surface area contributed by atoms with Crippen LogP contribution in [0.3, 0.4) is 0 Å². The third kappa shape index (κ3) is 3.74. The van der Waals surface area contributed by atoms with Crippen molar-refractivity contribution >= 4 is 22.9 Å². The topological polar surface area (TPSA) is 47.3 Å². The van der Waals surface area contributed by atoms with Crippen LogP contribution in [0.4, 0.5) is 0 Å². The number of methoxy groups -OCH3 is 1. The molecule has 2 atom stereocenters. The number of hydrogen-bond donors (Lipinski definition) is 2. The highest BCUT2D eigenvalue weighted by atomic mass is 35.5. The smallest absolute Gasteiger partial charge is 0.0571 e. The van der Waals surface area contributed by atoms with Gasteiger partial charge in [0, 0.05) is 18.6 Å². The van der Waals surface area contributed by atoms with Crippen molar-refractivity contribution in [2.75, 3.05) is 13.7 Å². The van der Waals surface area contributed by atoms with Crippen LogP contribution >= 0.6 is 22.9 Å². The van der Waals surface area contributed by atoms with Crippen molar-refractivity contribution in [3.63, 3.8) is 0 Å². The number of nitrogens with one attached hydrogen (secondary N) is 1. The first-order valence-electron chi connectivity index (χ1n) is 4.87. The molecule has 5 heteroatoms. The SMILES string of the molecule is COCC(C)CC(NN)c1sccc1Cl. The highest BCUT2D eigenvalue weighted by molar-refractivity contribution is 7.10. The summed E-state index contributed by atoms with van der Waals surface area (Å²) in [6.07, 6.45) is 0.921. The molecule has 0 aliphatic heterocycles. The molecule has 15 heavy (non-hydrogen) atoms. The van der Waals surface area contributed by atoms with E-state index in [1.165, 1.54) is 0 Å². The lowest BCUT2D eigenvalue weighted by Crippen LogP contribution is -2.29. The van der Waals surface area contributed by atoms with Crippen LogP contribution in [0.25, 0.3) is 0 Å². The fourth-order valence-electron chi connectivity index (χ4n) is 1.56. The molecule has 0 bridgehead atoms. The largest absolute Gasteiger partial charge is 0.384 e. The number of hydrazine groups is 1. The minimum Gasteiger partial charge on any atom is -0.384 e. The van der Waals surface area contributed by atoms with Crippen LogP contribution in [0, 0.1) is 5.92 Å². The molecule has 86 valence electrons. The second-order valence-corrected chi connectivity index (χ2v) is 5.00. The van der Waals surface area contributed by atoms with E-state index in [0.29, 0.717) is 5.92 Å². The Hall–Kier alpha value is -0.130. The third-order valence-electron chi connectivity index (χ3n) is 2.25. The molecule has 1 rings (SSSR count). The maximum atomic E-state index is 6.06. The Labute approximate surface area is 99.5 Å². The number of nitrogens with two attached hydrogens (primary N) is 1. The van der Waals surface area contributed by atoms with Crippen molar-refractivity contribution < 1.29 is 4.74 Å². The standard InChI is InChI=1S/C10H17ClN2OS/c1-7(6-14-2)5-9(13-12)10-8(11)3-4-15-10/h3-4,7,9,13H,5-6,12H2,1-2H3. The van der Waals surface area contributed by atoms with E-state index in [1.807, 2.05) is 11.4 Å². The van der Waals surface area contributed by atoms with E-state index < -0.39 is 0 Å². The predicted octanol–water partition coefficient (Wildman–Crippen LogP) is 2.58. The van der Waals surface area contributed by atoms with Crippen LogP contribution in [0.5, 0.6) is 0 Å². The van der Waals surface area contributed by atoms with Gasteiger partial charge in [-0.05, 0) is 23.8 Å². The molecule has 0 fully saturated rings. The minimum absolute atomic E-state index is 0.114. The Kier molecular flexibility index (Phi) is 5.56. The molecule has 0 amide bonds. The first-order valence-corrected chi connectivity index (χ1v) is 6.12. The number of thiophene rings is 1. The first kappa shape index (κ1) is 12.9. The van der Waals surface area contributed by atoms with Gasteiger partial charge in [0.2, 0.25) is 0 Å². The minimum atomic E-state index is 0.114. The van der Waals surface area contributed by atoms with Gasteiger partial charge in [0.1, 0.15) is 0 Å². The Morgan fingerprint density at radius 1 is 1.67 bits per heavy atom. The van der Waals surface area contributed by atoms with Crippen molar-refractivity contribution in [3.05, 3.63) is 21.3 Å². The van der Waals surface area contributed by atoms with Crippen molar-refractivity contribution in [1.82, 2.24) is 5.43 Å². The van der Waals surface area contributed by atoms with Crippen molar-refractivity contribution in [1.29, 1.82) is 0 Å². The van der Waals surface area contributed by atoms with Gasteiger partial charge in [0.25, 0.3) is 0 Å². The molecule has 0 spiro atoms. The zero-order chi connectivity index (χ0) is 11.3. The summed E-state index contributed by atoms with van der Waals surface area (Å²) < 4.78 is 5.10. The molecule has 1 aromatic heterocycles. The van der Waals surface area contributed by atoms with Gasteiger partial charge in [0.15, 0.2) is 0 Å². The molecule has 1 heterocycles. The Bertz CT molecular complexity index is 293. The maximum Gasteiger partial charge on any atom is 0.0571 e. The molecular weight excluding hydrogens is 232 g/mol. The molecule has 0 saturated carbocycles. The highest BCUT2D eigenvalue weighted by Crippen LogP contribution is 2.31. The quantitative estimate of drug-likeness (QED) is 0.601. The van der Waals surface area contributed by atoms with Crippen LogP contribution in [0.1, 0.15) is 24.3 Å². The normalized spacial score (nSPS) is 15.2. The van der Waals surface area contributed by atoms with Gasteiger partial charge in [-0.15, -0.1) is 11.3 Å². The fraction of sp³-hybridized carbons (Fsp3) is 0.600. The van der Waals surface area contributed by atoms with Gasteiger partial charge in [-0.2, -0.15) is 0 Å². The summed E-state index contributed by atoms with van der Waals surface area (Å²) >= 11 is 7.68. The third-order valence-corrected chi connectivity index (χ3v) is 3.72. The molecule has 0 radical (unpaired) electrons. The average molecular weight is 249 g/mol. The van der Waals surface area contributed by atoms with Gasteiger partial charge in [-0.1, -0.05) is 18.5 Å². The lowest BCUT2D eigenvalue weighted by atomic mass is 10.0. The summed E-state index contributed by atoms with van der Waals surface area (Å²) in [6.45, 7) is 2.87. The van der Waals surface area contributed by atoms with Crippen molar-refractivity contribution in [2.45, 2.75) is 19.4 Å². The van der Waals surface area contributed by atoms with E-state index >= 15 is 0 Å². The van der Waals surface area contributed by atoms with E-state index in [-0.39, 0.29) is 6.04 Å². The van der Waals surface area contributed by atoms with E-state index in [1.54, 1.807) is 18.4 Å². The molecule has 0 saturated heterocycles. The van der Waals surface area contributed by atoms with Gasteiger partial charge < -0.3 is 4.74 Å². The molecule has 0 aliphatic carbocycles. The maximum absolute atomic E-state index is 6.06. The first-order chi connectivity index (χ1) is 7.19. The van der Waals surface area contributed by atoms with Crippen LogP contribution in [-0.2, 0) is 4.74 Å². The van der Waals surface area contributed by atoms with Gasteiger partial charge in [-0.3, -0.25) is 11.3 Å². The number of halogens is 1. The summed E-state index contributed by atoms with van der Waals surface area (Å²) in [6, 6.07) is 2.01. The summed E-state index contributed by atoms with van der Waals surface area (Å²) in [5.41, 5.74) is 2.81. The predicted molar refractivity (Wildman–Crippen MR) is 65.1 cm³/mol. The summed E-state index contributed by atoms with van der Waals surface area (Å²) in [4.78, 5) is 1.10. The zero-order valence-corrected chi connectivity index (χ0v) is 10.6. The van der Waals surface area contributed by atoms with E-state index in [9.17, 15) is 0 Å². The molecule has 0 aromatic carbocycles. The molecular formula is C10H17ClN2OS. The van der Waals surface area contributed by atoms with Crippen molar-refractivity contribution in [3.8, 4) is 0 Å². The summed E-state index contributed by atoms with van der Waals surface area (Å²) in [5, 5.41) is 2.76. The summed E-state index contributed by atoms with van der Waals surface area (Å²) in [7, 11) is 1.71. The van der Waals surface area contributed by atoms with Gasteiger partial charge in [0.05, 0.1) is 11.1 Å². The Balaban J connectivity index is 2.60. The number of ether oxygens (including phenoxy) is 1. The number of rotatable bonds is 6. The Morgan fingerprint density at radius 3 is 2.87 bits per heavy atom. The van der Waals surface area contributed by atoms with E-state index in [0.717, 1.165) is 22.9 Å². The van der Waals surface area contributed by atoms with Crippen LogP contribution in [0.15, 0.2) is 11.4 Å². The molecule has 0 aliphatic rings. The monoisotopic (exact) mass is 248 g/mol. The lowest BCUT2D eigenvalue weighted by molar-refractivity contribution is 0.149. The second kappa shape index (κ2) is 6.45. The van der Waals surface area contributed by atoms with Crippen LogP contribution in [0.2, 0.25) is 5.02 Å². The fourth-order valence-corrected chi connectivity index (χ4v) is 2.82. The van der Waals surface area contributed by atoms with Crippen LogP contribution in [-0.4, -0.2) is 13.7 Å². The van der Waals surface area contributed by atoms with Gasteiger partial charge in [-0.25, -0.2) is 0 Å². The zero-order valence-electron chi connectivity index (χ0n) is 9.00. The van der Waals surface area contributed by atoms with E-state index in [4.69, 9.17) is 22.2 Å². The molecule has 3 N–H and O–H groups in total. The highest BCUT2D eigenvalue weighted by Gasteiger charge is 2.17. The van der Waals surface area contributed by atoms with Crippen molar-refractivity contribution in [2.24, 2.45) is 11.8 Å². The molecule has 3 nitrogen and oxygen atoms in total. The van der Waals surface area contributed by atoms with E-state index in [2.05, 4.69) is 12.3 Å². The average Bonchev–Trinajstić information content (AvgIpc) is 2.61. The van der Waals surface area contributed by atoms with Crippen LogP contribution < -0.4 is 11.3 Å². The molecule has 2 unspecified atom stereocenters. The van der Waals surface area contributed by atoms with Gasteiger partial charge >= 0.3 is 0 Å².